The van der Waals surface area contributed by atoms with Gasteiger partial charge in [0.25, 0.3) is 0 Å². The van der Waals surface area contributed by atoms with E-state index < -0.39 is 0 Å². The van der Waals surface area contributed by atoms with Crippen LogP contribution in [0.2, 0.25) is 5.02 Å². The van der Waals surface area contributed by atoms with Crippen molar-refractivity contribution in [1.29, 1.82) is 0 Å². The molecule has 3 aromatic rings. The van der Waals surface area contributed by atoms with E-state index in [9.17, 15) is 4.79 Å². The molecule has 0 fully saturated rings. The second-order valence-electron chi connectivity index (χ2n) is 5.47. The molecular formula is C19H17ClN2O2. The summed E-state index contributed by atoms with van der Waals surface area (Å²) in [6.45, 7) is 0.647. The highest BCUT2D eigenvalue weighted by Crippen LogP contribution is 2.15. The first-order valence-electron chi connectivity index (χ1n) is 7.57. The quantitative estimate of drug-likeness (QED) is 0.660. The number of methoxy groups -OCH3 is 1. The number of rotatable bonds is 5. The lowest BCUT2D eigenvalue weighted by molar-refractivity contribution is 0.0600. The Balaban J connectivity index is 1.78. The topological polar surface area (TPSA) is 44.1 Å². The lowest BCUT2D eigenvalue weighted by Gasteiger charge is -2.09. The molecule has 1 heterocycles. The molecule has 0 aliphatic heterocycles. The number of carbonyl (C=O) groups is 1. The maximum Gasteiger partial charge on any atom is 0.337 e. The van der Waals surface area contributed by atoms with Crippen LogP contribution in [0.25, 0.3) is 0 Å². The minimum absolute atomic E-state index is 0.330. The molecule has 2 aromatic carbocycles. The molecule has 122 valence electrons. The molecular weight excluding hydrogens is 324 g/mol. The molecule has 5 heteroatoms. The molecule has 0 N–H and O–H groups in total. The molecule has 0 saturated carbocycles. The fraction of sp³-hybridized carbons (Fsp3) is 0.158. The molecule has 24 heavy (non-hydrogen) atoms. The molecule has 0 amide bonds. The van der Waals surface area contributed by atoms with Gasteiger partial charge in [0, 0.05) is 30.4 Å². The van der Waals surface area contributed by atoms with E-state index >= 15 is 0 Å². The van der Waals surface area contributed by atoms with E-state index in [4.69, 9.17) is 16.3 Å². The normalized spacial score (nSPS) is 10.6. The first kappa shape index (κ1) is 16.3. The van der Waals surface area contributed by atoms with Gasteiger partial charge in [-0.1, -0.05) is 35.9 Å². The Morgan fingerprint density at radius 2 is 1.96 bits per heavy atom. The van der Waals surface area contributed by atoms with Crippen LogP contribution in [0.3, 0.4) is 0 Å². The second kappa shape index (κ2) is 7.32. The van der Waals surface area contributed by atoms with Crippen LogP contribution in [0.1, 0.15) is 27.3 Å². The van der Waals surface area contributed by atoms with Gasteiger partial charge in [0.05, 0.1) is 12.7 Å². The van der Waals surface area contributed by atoms with Gasteiger partial charge in [-0.2, -0.15) is 0 Å². The minimum Gasteiger partial charge on any atom is -0.465 e. The number of hydrogen-bond acceptors (Lipinski definition) is 3. The largest absolute Gasteiger partial charge is 0.465 e. The van der Waals surface area contributed by atoms with Crippen molar-refractivity contribution < 1.29 is 9.53 Å². The van der Waals surface area contributed by atoms with Crippen molar-refractivity contribution in [2.75, 3.05) is 7.11 Å². The van der Waals surface area contributed by atoms with Crippen LogP contribution in [0.4, 0.5) is 0 Å². The standard InChI is InChI=1S/C19H17ClN2O2/c1-24-19(23)16-4-2-3-15(11-16)13-22-10-9-21-18(22)12-14-5-7-17(20)8-6-14/h2-11H,12-13H2,1H3. The maximum atomic E-state index is 11.7. The lowest BCUT2D eigenvalue weighted by Crippen LogP contribution is -2.07. The van der Waals surface area contributed by atoms with Crippen LogP contribution < -0.4 is 0 Å². The van der Waals surface area contributed by atoms with E-state index in [1.807, 2.05) is 48.7 Å². The zero-order chi connectivity index (χ0) is 16.9. The van der Waals surface area contributed by atoms with Crippen molar-refractivity contribution in [3.05, 3.63) is 88.5 Å². The first-order chi connectivity index (χ1) is 11.7. The number of ether oxygens (including phenoxy) is 1. The summed E-state index contributed by atoms with van der Waals surface area (Å²) in [6.07, 6.45) is 4.45. The highest BCUT2D eigenvalue weighted by Gasteiger charge is 2.08. The number of esters is 1. The van der Waals surface area contributed by atoms with Gasteiger partial charge in [0.2, 0.25) is 0 Å². The lowest BCUT2D eigenvalue weighted by atomic mass is 10.1. The Labute approximate surface area is 145 Å². The molecule has 0 radical (unpaired) electrons. The van der Waals surface area contributed by atoms with Crippen LogP contribution >= 0.6 is 11.6 Å². The molecule has 4 nitrogen and oxygen atoms in total. The molecule has 1 aromatic heterocycles. The van der Waals surface area contributed by atoms with Crippen LogP contribution in [0, 0.1) is 0 Å². The Morgan fingerprint density at radius 1 is 1.17 bits per heavy atom. The van der Waals surface area contributed by atoms with Crippen LogP contribution in [0.15, 0.2) is 60.9 Å². The third-order valence-electron chi connectivity index (χ3n) is 3.78. The average molecular weight is 341 g/mol. The van der Waals surface area contributed by atoms with Gasteiger partial charge in [-0.15, -0.1) is 0 Å². The number of imidazole rings is 1. The van der Waals surface area contributed by atoms with Crippen molar-refractivity contribution >= 4 is 17.6 Å². The smallest absolute Gasteiger partial charge is 0.337 e. The molecule has 0 saturated heterocycles. The zero-order valence-corrected chi connectivity index (χ0v) is 14.0. The third-order valence-corrected chi connectivity index (χ3v) is 4.03. The summed E-state index contributed by atoms with van der Waals surface area (Å²) in [4.78, 5) is 16.1. The number of hydrogen-bond donors (Lipinski definition) is 0. The average Bonchev–Trinajstić information content (AvgIpc) is 3.03. The molecule has 0 atom stereocenters. The van der Waals surface area contributed by atoms with Crippen molar-refractivity contribution in [2.45, 2.75) is 13.0 Å². The van der Waals surface area contributed by atoms with Gasteiger partial charge in [0.1, 0.15) is 5.82 Å². The number of carbonyl (C=O) groups excluding carboxylic acids is 1. The van der Waals surface area contributed by atoms with Gasteiger partial charge in [-0.3, -0.25) is 0 Å². The fourth-order valence-electron chi connectivity index (χ4n) is 2.55. The van der Waals surface area contributed by atoms with E-state index in [-0.39, 0.29) is 5.97 Å². The number of benzene rings is 2. The van der Waals surface area contributed by atoms with E-state index in [0.29, 0.717) is 12.1 Å². The van der Waals surface area contributed by atoms with Crippen molar-refractivity contribution in [1.82, 2.24) is 9.55 Å². The predicted molar refractivity (Wildman–Crippen MR) is 93.4 cm³/mol. The zero-order valence-electron chi connectivity index (χ0n) is 13.3. The summed E-state index contributed by atoms with van der Waals surface area (Å²) in [5.74, 6) is 0.629. The molecule has 0 unspecified atom stereocenters. The molecule has 0 aliphatic carbocycles. The number of nitrogens with zero attached hydrogens (tertiary/aromatic N) is 2. The highest BCUT2D eigenvalue weighted by molar-refractivity contribution is 6.30. The summed E-state index contributed by atoms with van der Waals surface area (Å²) >= 11 is 5.93. The van der Waals surface area contributed by atoms with E-state index in [0.717, 1.165) is 28.4 Å². The Hall–Kier alpha value is -2.59. The Morgan fingerprint density at radius 3 is 2.71 bits per heavy atom. The second-order valence-corrected chi connectivity index (χ2v) is 5.90. The Bertz CT molecular complexity index is 841. The summed E-state index contributed by atoms with van der Waals surface area (Å²) in [5, 5.41) is 0.724. The van der Waals surface area contributed by atoms with Gasteiger partial charge in [0.15, 0.2) is 0 Å². The summed E-state index contributed by atoms with van der Waals surface area (Å²) in [6, 6.07) is 15.2. The van der Waals surface area contributed by atoms with Gasteiger partial charge < -0.3 is 9.30 Å². The van der Waals surface area contributed by atoms with E-state index in [1.165, 1.54) is 7.11 Å². The maximum absolute atomic E-state index is 11.7. The Kier molecular flexibility index (Phi) is 4.96. The fourth-order valence-corrected chi connectivity index (χ4v) is 2.67. The summed E-state index contributed by atoms with van der Waals surface area (Å²) < 4.78 is 6.84. The summed E-state index contributed by atoms with van der Waals surface area (Å²) in [5.41, 5.74) is 2.72. The number of aromatic nitrogens is 2. The molecule has 3 rings (SSSR count). The number of halogens is 1. The molecule has 0 spiro atoms. The SMILES string of the molecule is COC(=O)c1cccc(Cn2ccnc2Cc2ccc(Cl)cc2)c1. The monoisotopic (exact) mass is 340 g/mol. The van der Waals surface area contributed by atoms with Crippen LogP contribution in [0.5, 0.6) is 0 Å². The van der Waals surface area contributed by atoms with Crippen molar-refractivity contribution in [3.63, 3.8) is 0 Å². The summed E-state index contributed by atoms with van der Waals surface area (Å²) in [7, 11) is 1.38. The van der Waals surface area contributed by atoms with Crippen LogP contribution in [-0.4, -0.2) is 22.6 Å². The molecule has 0 bridgehead atoms. The first-order valence-corrected chi connectivity index (χ1v) is 7.95. The van der Waals surface area contributed by atoms with Gasteiger partial charge >= 0.3 is 5.97 Å². The highest BCUT2D eigenvalue weighted by atomic mass is 35.5. The van der Waals surface area contributed by atoms with E-state index in [1.54, 1.807) is 12.3 Å². The molecule has 0 aliphatic rings. The third kappa shape index (κ3) is 3.84. The predicted octanol–water partition coefficient (Wildman–Crippen LogP) is 3.96. The van der Waals surface area contributed by atoms with Crippen molar-refractivity contribution in [2.24, 2.45) is 0 Å². The van der Waals surface area contributed by atoms with E-state index in [2.05, 4.69) is 9.55 Å². The van der Waals surface area contributed by atoms with Crippen LogP contribution in [-0.2, 0) is 17.7 Å². The van der Waals surface area contributed by atoms with Gasteiger partial charge in [-0.05, 0) is 35.4 Å². The minimum atomic E-state index is -0.330. The van der Waals surface area contributed by atoms with Crippen molar-refractivity contribution in [3.8, 4) is 0 Å². The van der Waals surface area contributed by atoms with Gasteiger partial charge in [-0.25, -0.2) is 9.78 Å².